The van der Waals surface area contributed by atoms with Crippen molar-refractivity contribution in [3.05, 3.63) is 33.7 Å². The maximum Gasteiger partial charge on any atom is 0.311 e. The van der Waals surface area contributed by atoms with E-state index in [1.165, 1.54) is 26.8 Å². The van der Waals surface area contributed by atoms with Crippen LogP contribution in [0.4, 0.5) is 0 Å². The number of aromatic nitrogens is 2. The number of likely N-dealkylation sites (tertiary alicyclic amines) is 1. The van der Waals surface area contributed by atoms with Crippen molar-refractivity contribution in [2.24, 2.45) is 11.3 Å². The van der Waals surface area contributed by atoms with Crippen LogP contribution in [0.1, 0.15) is 16.8 Å². The van der Waals surface area contributed by atoms with E-state index in [1.807, 2.05) is 0 Å². The van der Waals surface area contributed by atoms with Gasteiger partial charge in [-0.3, -0.25) is 18.8 Å². The Morgan fingerprint density at radius 3 is 3.04 bits per heavy atom. The third-order valence-electron chi connectivity index (χ3n) is 4.99. The van der Waals surface area contributed by atoms with Crippen LogP contribution in [0.25, 0.3) is 4.96 Å². The highest BCUT2D eigenvalue weighted by Crippen LogP contribution is 2.42. The van der Waals surface area contributed by atoms with Crippen LogP contribution in [-0.4, -0.2) is 57.6 Å². The van der Waals surface area contributed by atoms with Gasteiger partial charge in [-0.15, -0.1) is 11.3 Å². The van der Waals surface area contributed by atoms with Gasteiger partial charge in [-0.25, -0.2) is 4.98 Å². The van der Waals surface area contributed by atoms with Gasteiger partial charge in [-0.2, -0.15) is 0 Å². The second-order valence-corrected chi connectivity index (χ2v) is 7.07. The lowest BCUT2D eigenvalue weighted by Crippen LogP contribution is -2.45. The highest BCUT2D eigenvalue weighted by molar-refractivity contribution is 7.15. The number of carboxylic acid groups (broad SMARTS) is 1. The third-order valence-corrected chi connectivity index (χ3v) is 5.76. The fourth-order valence-corrected chi connectivity index (χ4v) is 4.27. The Bertz CT molecular complexity index is 891. The van der Waals surface area contributed by atoms with Gasteiger partial charge in [0.2, 0.25) is 0 Å². The van der Waals surface area contributed by atoms with Crippen LogP contribution in [0.2, 0.25) is 0 Å². The van der Waals surface area contributed by atoms with E-state index in [0.29, 0.717) is 24.6 Å². The molecule has 8 nitrogen and oxygen atoms in total. The molecule has 0 spiro atoms. The summed E-state index contributed by atoms with van der Waals surface area (Å²) in [7, 11) is 0. The van der Waals surface area contributed by atoms with Crippen molar-refractivity contribution in [2.45, 2.75) is 6.42 Å². The second kappa shape index (κ2) is 5.38. The van der Waals surface area contributed by atoms with Gasteiger partial charge in [0.05, 0.1) is 12.0 Å². The molecule has 2 fully saturated rings. The summed E-state index contributed by atoms with van der Waals surface area (Å²) in [5, 5.41) is 11.4. The molecule has 9 heteroatoms. The minimum Gasteiger partial charge on any atom is -0.481 e. The zero-order valence-corrected chi connectivity index (χ0v) is 13.5. The van der Waals surface area contributed by atoms with E-state index in [4.69, 9.17) is 4.74 Å². The topological polar surface area (TPSA) is 101 Å². The van der Waals surface area contributed by atoms with Gasteiger partial charge < -0.3 is 14.7 Å². The van der Waals surface area contributed by atoms with Gasteiger partial charge in [0.25, 0.3) is 11.5 Å². The summed E-state index contributed by atoms with van der Waals surface area (Å²) in [4.78, 5) is 43.1. The molecule has 0 unspecified atom stereocenters. The number of thiazole rings is 1. The van der Waals surface area contributed by atoms with E-state index in [-0.39, 0.29) is 24.6 Å². The molecule has 126 valence electrons. The Morgan fingerprint density at radius 1 is 1.46 bits per heavy atom. The van der Waals surface area contributed by atoms with Crippen LogP contribution in [0.5, 0.6) is 0 Å². The maximum atomic E-state index is 12.8. The fraction of sp³-hybridized carbons (Fsp3) is 0.467. The SMILES string of the molecule is O=C(c1cnc2sccn2c1=O)N1C[C@H]2COCC[C@@]2(C(=O)O)C1. The molecule has 2 aromatic heterocycles. The van der Waals surface area contributed by atoms with E-state index in [1.54, 1.807) is 11.6 Å². The minimum atomic E-state index is -0.982. The molecular formula is C15H15N3O5S. The molecule has 4 rings (SSSR count). The molecule has 2 aliphatic rings. The molecule has 0 radical (unpaired) electrons. The van der Waals surface area contributed by atoms with Gasteiger partial charge in [0.1, 0.15) is 5.56 Å². The summed E-state index contributed by atoms with van der Waals surface area (Å²) < 4.78 is 6.72. The first kappa shape index (κ1) is 15.3. The van der Waals surface area contributed by atoms with Crippen molar-refractivity contribution in [2.75, 3.05) is 26.3 Å². The predicted octanol–water partition coefficient (Wildman–Crippen LogP) is 0.319. The molecule has 24 heavy (non-hydrogen) atoms. The van der Waals surface area contributed by atoms with Crippen molar-refractivity contribution in [1.82, 2.24) is 14.3 Å². The van der Waals surface area contributed by atoms with Crippen LogP contribution < -0.4 is 5.56 Å². The van der Waals surface area contributed by atoms with E-state index < -0.39 is 22.9 Å². The molecule has 0 aromatic carbocycles. The standard InChI is InChI=1S/C15H15N3O5S/c19-11(10-5-16-14-18(12(10)20)2-4-24-14)17-6-9-7-23-3-1-15(9,8-17)13(21)22/h2,4-5,9H,1,3,6-8H2,(H,21,22)/t9-,15+/m0/s1. The van der Waals surface area contributed by atoms with Gasteiger partial charge in [0, 0.05) is 43.4 Å². The molecule has 0 saturated carbocycles. The lowest BCUT2D eigenvalue weighted by atomic mass is 9.74. The Labute approximate surface area is 140 Å². The lowest BCUT2D eigenvalue weighted by molar-refractivity contribution is -0.157. The zero-order chi connectivity index (χ0) is 16.9. The number of aliphatic carboxylic acids is 1. The number of hydrogen-bond donors (Lipinski definition) is 1. The lowest BCUT2D eigenvalue weighted by Gasteiger charge is -2.33. The Hall–Kier alpha value is -2.26. The fourth-order valence-electron chi connectivity index (χ4n) is 3.60. The molecule has 4 heterocycles. The number of carbonyl (C=O) groups excluding carboxylic acids is 1. The monoisotopic (exact) mass is 349 g/mol. The van der Waals surface area contributed by atoms with Crippen molar-refractivity contribution < 1.29 is 19.4 Å². The van der Waals surface area contributed by atoms with Crippen LogP contribution >= 0.6 is 11.3 Å². The Kier molecular flexibility index (Phi) is 3.43. The number of carboxylic acids is 1. The maximum absolute atomic E-state index is 12.8. The van der Waals surface area contributed by atoms with Crippen molar-refractivity contribution in [1.29, 1.82) is 0 Å². The molecule has 2 aromatic rings. The highest BCUT2D eigenvalue weighted by Gasteiger charge is 2.55. The van der Waals surface area contributed by atoms with Crippen molar-refractivity contribution in [3.8, 4) is 0 Å². The van der Waals surface area contributed by atoms with Gasteiger partial charge in [0.15, 0.2) is 4.96 Å². The summed E-state index contributed by atoms with van der Waals surface area (Å²) >= 11 is 1.31. The second-order valence-electron chi connectivity index (χ2n) is 6.20. The number of rotatable bonds is 2. The number of ether oxygens (including phenoxy) is 1. The number of amides is 1. The van der Waals surface area contributed by atoms with Crippen LogP contribution in [0.3, 0.4) is 0 Å². The quantitative estimate of drug-likeness (QED) is 0.838. The Morgan fingerprint density at radius 2 is 2.29 bits per heavy atom. The van der Waals surface area contributed by atoms with Crippen LogP contribution in [0.15, 0.2) is 22.6 Å². The number of carbonyl (C=O) groups is 2. The van der Waals surface area contributed by atoms with Gasteiger partial charge in [-0.05, 0) is 6.42 Å². The molecular weight excluding hydrogens is 334 g/mol. The molecule has 2 saturated heterocycles. The van der Waals surface area contributed by atoms with E-state index in [9.17, 15) is 19.5 Å². The summed E-state index contributed by atoms with van der Waals surface area (Å²) in [6, 6.07) is 0. The Balaban J connectivity index is 1.68. The minimum absolute atomic E-state index is 0.0361. The van der Waals surface area contributed by atoms with Crippen molar-refractivity contribution >= 4 is 28.2 Å². The average Bonchev–Trinajstić information content (AvgIpc) is 3.20. The van der Waals surface area contributed by atoms with Crippen LogP contribution in [0, 0.1) is 11.3 Å². The van der Waals surface area contributed by atoms with E-state index in [2.05, 4.69) is 4.98 Å². The third kappa shape index (κ3) is 2.08. The summed E-state index contributed by atoms with van der Waals surface area (Å²) in [5.74, 6) is -1.63. The molecule has 2 aliphatic heterocycles. The van der Waals surface area contributed by atoms with Gasteiger partial charge in [-0.1, -0.05) is 0 Å². The zero-order valence-electron chi connectivity index (χ0n) is 12.7. The summed E-state index contributed by atoms with van der Waals surface area (Å²) in [6.07, 6.45) is 3.22. The average molecular weight is 349 g/mol. The normalized spacial score (nSPS) is 26.5. The predicted molar refractivity (Wildman–Crippen MR) is 84.2 cm³/mol. The molecule has 0 bridgehead atoms. The number of fused-ring (bicyclic) bond motifs is 2. The number of hydrogen-bond acceptors (Lipinski definition) is 6. The first-order valence-corrected chi connectivity index (χ1v) is 8.46. The first-order valence-electron chi connectivity index (χ1n) is 7.58. The first-order chi connectivity index (χ1) is 11.5. The molecule has 0 aliphatic carbocycles. The molecule has 1 N–H and O–H groups in total. The molecule has 1 amide bonds. The van der Waals surface area contributed by atoms with Crippen molar-refractivity contribution in [3.63, 3.8) is 0 Å². The van der Waals surface area contributed by atoms with E-state index >= 15 is 0 Å². The van der Waals surface area contributed by atoms with Crippen LogP contribution in [-0.2, 0) is 9.53 Å². The van der Waals surface area contributed by atoms with Gasteiger partial charge >= 0.3 is 5.97 Å². The molecule has 2 atom stereocenters. The highest BCUT2D eigenvalue weighted by atomic mass is 32.1. The smallest absolute Gasteiger partial charge is 0.311 e. The largest absolute Gasteiger partial charge is 0.481 e. The summed E-state index contributed by atoms with van der Waals surface area (Å²) in [6.45, 7) is 1.06. The summed E-state index contributed by atoms with van der Waals surface area (Å²) in [5.41, 5.74) is -1.45. The van der Waals surface area contributed by atoms with E-state index in [0.717, 1.165) is 0 Å². The number of nitrogens with zero attached hydrogens (tertiary/aromatic N) is 3.